The molecule has 0 fully saturated rings. The molecule has 0 aliphatic heterocycles. The van der Waals surface area contributed by atoms with Crippen molar-refractivity contribution < 1.29 is 9.53 Å². The van der Waals surface area contributed by atoms with Crippen LogP contribution in [-0.2, 0) is 6.54 Å². The van der Waals surface area contributed by atoms with Gasteiger partial charge in [0.1, 0.15) is 5.75 Å². The first kappa shape index (κ1) is 24.7. The predicted molar refractivity (Wildman–Crippen MR) is 146 cm³/mol. The lowest BCUT2D eigenvalue weighted by Crippen LogP contribution is -2.24. The van der Waals surface area contributed by atoms with Crippen molar-refractivity contribution in [2.24, 2.45) is 0 Å². The first-order valence-corrected chi connectivity index (χ1v) is 12.1. The second-order valence-corrected chi connectivity index (χ2v) is 8.67. The highest BCUT2D eigenvalue weighted by atomic mass is 35.5. The number of benzene rings is 3. The third kappa shape index (κ3) is 5.88. The number of para-hydroxylation sites is 1. The molecule has 38 heavy (non-hydrogen) atoms. The number of ether oxygens (including phenoxy) is 1. The lowest BCUT2D eigenvalue weighted by Gasteiger charge is -2.15. The molecule has 9 heteroatoms. The smallest absolute Gasteiger partial charge is 0.299 e. The van der Waals surface area contributed by atoms with E-state index < -0.39 is 5.56 Å². The molecule has 0 saturated heterocycles. The van der Waals surface area contributed by atoms with Gasteiger partial charge in [-0.05, 0) is 72.3 Å². The average Bonchev–Trinajstić information content (AvgIpc) is 2.96. The molecule has 0 aliphatic rings. The molecule has 0 radical (unpaired) electrons. The molecule has 0 atom stereocenters. The van der Waals surface area contributed by atoms with Gasteiger partial charge >= 0.3 is 0 Å². The fraction of sp³-hybridized carbons (Fsp3) is 0.0345. The number of pyridine rings is 1. The number of carbonyl (C=O) groups is 1. The summed E-state index contributed by atoms with van der Waals surface area (Å²) in [5.74, 6) is 0.455. The number of anilines is 2. The van der Waals surface area contributed by atoms with Gasteiger partial charge in [0.05, 0.1) is 11.9 Å². The molecule has 5 rings (SSSR count). The first-order valence-electron chi connectivity index (χ1n) is 11.7. The summed E-state index contributed by atoms with van der Waals surface area (Å²) in [6.07, 6.45) is 4.82. The Balaban J connectivity index is 1.45. The number of carbonyl (C=O) groups excluding carboxylic acids is 1. The van der Waals surface area contributed by atoms with Crippen molar-refractivity contribution >= 4 is 28.9 Å². The van der Waals surface area contributed by atoms with Gasteiger partial charge in [0, 0.05) is 35.2 Å². The summed E-state index contributed by atoms with van der Waals surface area (Å²) in [6, 6.07) is 26.4. The zero-order valence-electron chi connectivity index (χ0n) is 20.0. The largest absolute Gasteiger partial charge is 0.453 e. The van der Waals surface area contributed by atoms with Crippen LogP contribution in [0.15, 0.2) is 114 Å². The van der Waals surface area contributed by atoms with Crippen LogP contribution in [0, 0.1) is 0 Å². The van der Waals surface area contributed by atoms with E-state index >= 15 is 0 Å². The van der Waals surface area contributed by atoms with E-state index in [1.807, 2.05) is 30.3 Å². The van der Waals surface area contributed by atoms with Gasteiger partial charge in [-0.3, -0.25) is 14.6 Å². The van der Waals surface area contributed by atoms with Gasteiger partial charge in [0.25, 0.3) is 11.5 Å². The van der Waals surface area contributed by atoms with E-state index in [2.05, 4.69) is 20.7 Å². The minimum Gasteiger partial charge on any atom is -0.453 e. The van der Waals surface area contributed by atoms with E-state index in [1.165, 1.54) is 10.9 Å². The monoisotopic (exact) mass is 523 g/mol. The van der Waals surface area contributed by atoms with Gasteiger partial charge in [-0.15, -0.1) is 0 Å². The van der Waals surface area contributed by atoms with Crippen LogP contribution in [0.25, 0.3) is 5.69 Å². The number of hydrogen-bond acceptors (Lipinski definition) is 6. The highest BCUT2D eigenvalue weighted by Crippen LogP contribution is 2.29. The average molecular weight is 524 g/mol. The zero-order valence-corrected chi connectivity index (χ0v) is 20.8. The summed E-state index contributed by atoms with van der Waals surface area (Å²) in [6.45, 7) is 0.365. The third-order valence-electron chi connectivity index (χ3n) is 5.58. The van der Waals surface area contributed by atoms with Crippen LogP contribution in [0.2, 0.25) is 5.02 Å². The Kier molecular flexibility index (Phi) is 7.42. The van der Waals surface area contributed by atoms with Gasteiger partial charge in [-0.25, -0.2) is 0 Å². The second-order valence-electron chi connectivity index (χ2n) is 8.24. The van der Waals surface area contributed by atoms with Crippen LogP contribution in [0.4, 0.5) is 11.4 Å². The van der Waals surface area contributed by atoms with Gasteiger partial charge in [-0.1, -0.05) is 35.9 Å². The lowest BCUT2D eigenvalue weighted by molar-refractivity contribution is 0.0951. The molecule has 3 aromatic carbocycles. The first-order chi connectivity index (χ1) is 18.6. The minimum absolute atomic E-state index is 0.160. The summed E-state index contributed by atoms with van der Waals surface area (Å²) in [4.78, 5) is 30.4. The third-order valence-corrected chi connectivity index (χ3v) is 5.83. The van der Waals surface area contributed by atoms with Crippen LogP contribution in [0.3, 0.4) is 0 Å². The maximum absolute atomic E-state index is 13.6. The molecular weight excluding hydrogens is 502 g/mol. The Morgan fingerprint density at radius 1 is 0.921 bits per heavy atom. The molecule has 188 valence electrons. The van der Waals surface area contributed by atoms with E-state index in [4.69, 9.17) is 16.3 Å². The summed E-state index contributed by atoms with van der Waals surface area (Å²) in [5, 5.41) is 10.9. The topological polar surface area (TPSA) is 98.1 Å². The van der Waals surface area contributed by atoms with Gasteiger partial charge in [-0.2, -0.15) is 9.78 Å². The van der Waals surface area contributed by atoms with Gasteiger partial charge < -0.3 is 15.4 Å². The zero-order chi connectivity index (χ0) is 26.3. The number of nitrogens with zero attached hydrogens (tertiary/aromatic N) is 3. The maximum Gasteiger partial charge on any atom is 0.299 e. The summed E-state index contributed by atoms with van der Waals surface area (Å²) >= 11 is 6.00. The number of halogens is 1. The standard InChI is InChI=1S/C29H22ClN5O3/c30-22-9-11-25(12-10-22)38-26-19-33-35(24-7-2-1-3-8-24)29(37)27(26)34-23-6-4-5-21(17-23)28(36)32-18-20-13-15-31-16-14-20/h1-17,19,34H,18H2,(H,32,36). The normalized spacial score (nSPS) is 10.6. The van der Waals surface area contributed by atoms with Crippen LogP contribution in [0.5, 0.6) is 11.5 Å². The molecule has 2 N–H and O–H groups in total. The molecule has 0 aliphatic carbocycles. The maximum atomic E-state index is 13.6. The summed E-state index contributed by atoms with van der Waals surface area (Å²) < 4.78 is 7.27. The van der Waals surface area contributed by atoms with E-state index in [9.17, 15) is 9.59 Å². The van der Waals surface area contributed by atoms with E-state index in [0.717, 1.165) is 5.56 Å². The summed E-state index contributed by atoms with van der Waals surface area (Å²) in [7, 11) is 0. The van der Waals surface area contributed by atoms with Crippen molar-refractivity contribution in [2.75, 3.05) is 5.32 Å². The molecule has 0 saturated carbocycles. The molecule has 5 aromatic rings. The van der Waals surface area contributed by atoms with Crippen molar-refractivity contribution in [1.82, 2.24) is 20.1 Å². The molecule has 0 unspecified atom stereocenters. The number of nitrogens with one attached hydrogen (secondary N) is 2. The quantitative estimate of drug-likeness (QED) is 0.269. The number of amides is 1. The Hall–Kier alpha value is -4.95. The molecule has 0 spiro atoms. The molecule has 0 bridgehead atoms. The van der Waals surface area contributed by atoms with Crippen LogP contribution < -0.4 is 20.9 Å². The molecular formula is C29H22ClN5O3. The number of aromatic nitrogens is 3. The molecule has 2 heterocycles. The van der Waals surface area contributed by atoms with E-state index in [-0.39, 0.29) is 17.3 Å². The molecule has 2 aromatic heterocycles. The Bertz CT molecular complexity index is 1610. The number of rotatable bonds is 8. The van der Waals surface area contributed by atoms with Crippen LogP contribution >= 0.6 is 11.6 Å². The van der Waals surface area contributed by atoms with E-state index in [0.29, 0.717) is 34.3 Å². The minimum atomic E-state index is -0.421. The SMILES string of the molecule is O=C(NCc1ccncc1)c1cccc(Nc2c(Oc3ccc(Cl)cc3)cnn(-c3ccccc3)c2=O)c1. The van der Waals surface area contributed by atoms with Gasteiger partial charge in [0.2, 0.25) is 0 Å². The summed E-state index contributed by atoms with van der Waals surface area (Å²) in [5.41, 5.74) is 2.24. The Morgan fingerprint density at radius 2 is 1.68 bits per heavy atom. The van der Waals surface area contributed by atoms with Crippen LogP contribution in [-0.4, -0.2) is 20.7 Å². The van der Waals surface area contributed by atoms with Crippen LogP contribution in [0.1, 0.15) is 15.9 Å². The Labute approximate surface area is 223 Å². The highest BCUT2D eigenvalue weighted by molar-refractivity contribution is 6.30. The van der Waals surface area contributed by atoms with Gasteiger partial charge in [0.15, 0.2) is 11.4 Å². The number of hydrogen-bond donors (Lipinski definition) is 2. The lowest BCUT2D eigenvalue weighted by atomic mass is 10.1. The second kappa shape index (κ2) is 11.4. The van der Waals surface area contributed by atoms with Crippen molar-refractivity contribution in [2.45, 2.75) is 6.54 Å². The predicted octanol–water partition coefficient (Wildman–Crippen LogP) is 5.75. The molecule has 8 nitrogen and oxygen atoms in total. The van der Waals surface area contributed by atoms with Crippen molar-refractivity contribution in [1.29, 1.82) is 0 Å². The van der Waals surface area contributed by atoms with Crippen molar-refractivity contribution in [3.05, 3.63) is 136 Å². The molecule has 1 amide bonds. The van der Waals surface area contributed by atoms with Crippen molar-refractivity contribution in [3.8, 4) is 17.2 Å². The van der Waals surface area contributed by atoms with E-state index in [1.54, 1.807) is 73.1 Å². The fourth-order valence-corrected chi connectivity index (χ4v) is 3.81. The fourth-order valence-electron chi connectivity index (χ4n) is 3.68. The Morgan fingerprint density at radius 3 is 2.45 bits per heavy atom. The van der Waals surface area contributed by atoms with Crippen molar-refractivity contribution in [3.63, 3.8) is 0 Å². The highest BCUT2D eigenvalue weighted by Gasteiger charge is 2.16.